The first-order chi connectivity index (χ1) is 6.25. The van der Waals surface area contributed by atoms with E-state index in [1.165, 1.54) is 0 Å². The van der Waals surface area contributed by atoms with Gasteiger partial charge in [-0.1, -0.05) is 46.4 Å². The summed E-state index contributed by atoms with van der Waals surface area (Å²) < 4.78 is 0. The Balaban J connectivity index is 3.49. The quantitative estimate of drug-likeness (QED) is 0.475. The summed E-state index contributed by atoms with van der Waals surface area (Å²) >= 11 is 23.4. The first-order valence-corrected chi connectivity index (χ1v) is 8.27. The van der Waals surface area contributed by atoms with Crippen LogP contribution in [-0.4, -0.2) is 13.1 Å². The van der Waals surface area contributed by atoms with Crippen molar-refractivity contribution in [3.8, 4) is 0 Å². The van der Waals surface area contributed by atoms with Gasteiger partial charge in [0.25, 0.3) is 0 Å². The molecule has 0 atom stereocenters. The van der Waals surface area contributed by atoms with Crippen LogP contribution < -0.4 is 5.19 Å². The van der Waals surface area contributed by atoms with E-state index in [1.807, 2.05) is 0 Å². The van der Waals surface area contributed by atoms with Gasteiger partial charge in [0.15, 0.2) is 0 Å². The van der Waals surface area contributed by atoms with E-state index < -0.39 is 8.32 Å². The van der Waals surface area contributed by atoms with Crippen LogP contribution in [0.25, 0.3) is 0 Å². The SMILES string of the molecule is C[Si](C)(O)c1cc(Cl)c(Cl)c(Cl)c1Cl. The predicted octanol–water partition coefficient (Wildman–Crippen LogP) is 3.70. The molecule has 1 aromatic carbocycles. The van der Waals surface area contributed by atoms with E-state index >= 15 is 0 Å². The second kappa shape index (κ2) is 4.20. The van der Waals surface area contributed by atoms with E-state index in [2.05, 4.69) is 0 Å². The van der Waals surface area contributed by atoms with Crippen molar-refractivity contribution in [3.05, 3.63) is 26.2 Å². The molecule has 0 aliphatic rings. The minimum Gasteiger partial charge on any atom is -0.428 e. The van der Waals surface area contributed by atoms with E-state index in [0.717, 1.165) is 0 Å². The zero-order valence-corrected chi connectivity index (χ0v) is 11.6. The van der Waals surface area contributed by atoms with Crippen molar-refractivity contribution in [3.63, 3.8) is 0 Å². The van der Waals surface area contributed by atoms with Crippen molar-refractivity contribution in [2.24, 2.45) is 0 Å². The molecule has 0 bridgehead atoms. The molecule has 0 aromatic heterocycles. The van der Waals surface area contributed by atoms with E-state index in [1.54, 1.807) is 19.2 Å². The number of halogens is 4. The number of hydrogen-bond acceptors (Lipinski definition) is 1. The lowest BCUT2D eigenvalue weighted by Crippen LogP contribution is -2.42. The summed E-state index contributed by atoms with van der Waals surface area (Å²) in [5.74, 6) is 0. The van der Waals surface area contributed by atoms with E-state index in [0.29, 0.717) is 15.2 Å². The Morgan fingerprint density at radius 3 is 1.93 bits per heavy atom. The highest BCUT2D eigenvalue weighted by atomic mass is 35.5. The molecule has 78 valence electrons. The standard InChI is InChI=1S/C8H8Cl4OSi/c1-14(2,13)5-3-4(9)6(10)8(12)7(5)11/h3,13H,1-2H3. The Hall–Kier alpha value is 0.557. The molecule has 0 saturated heterocycles. The Bertz CT molecular complexity index is 373. The van der Waals surface area contributed by atoms with Crippen LogP contribution in [0.5, 0.6) is 0 Å². The lowest BCUT2D eigenvalue weighted by molar-refractivity contribution is 0.568. The van der Waals surface area contributed by atoms with E-state index in [9.17, 15) is 4.80 Å². The van der Waals surface area contributed by atoms with Gasteiger partial charge in [-0.05, 0) is 24.3 Å². The van der Waals surface area contributed by atoms with Crippen LogP contribution in [0.4, 0.5) is 0 Å². The molecule has 0 radical (unpaired) electrons. The summed E-state index contributed by atoms with van der Waals surface area (Å²) in [6.07, 6.45) is 0. The van der Waals surface area contributed by atoms with Crippen molar-refractivity contribution in [1.82, 2.24) is 0 Å². The summed E-state index contributed by atoms with van der Waals surface area (Å²) in [6.45, 7) is 3.46. The largest absolute Gasteiger partial charge is 0.428 e. The van der Waals surface area contributed by atoms with Crippen LogP contribution in [0.3, 0.4) is 0 Å². The number of rotatable bonds is 1. The normalized spacial score (nSPS) is 11.9. The van der Waals surface area contributed by atoms with Crippen LogP contribution in [0.1, 0.15) is 0 Å². The maximum absolute atomic E-state index is 9.90. The summed E-state index contributed by atoms with van der Waals surface area (Å²) in [4.78, 5) is 9.90. The minimum absolute atomic E-state index is 0.199. The molecule has 14 heavy (non-hydrogen) atoms. The molecular formula is C8H8Cl4OSi. The molecule has 1 rings (SSSR count). The minimum atomic E-state index is -2.52. The average molecular weight is 290 g/mol. The fourth-order valence-corrected chi connectivity index (χ4v) is 3.84. The molecule has 0 amide bonds. The highest BCUT2D eigenvalue weighted by Crippen LogP contribution is 2.35. The van der Waals surface area contributed by atoms with Gasteiger partial charge >= 0.3 is 0 Å². The molecule has 1 nitrogen and oxygen atoms in total. The van der Waals surface area contributed by atoms with Crippen LogP contribution in [-0.2, 0) is 0 Å². The van der Waals surface area contributed by atoms with Crippen LogP contribution in [0.15, 0.2) is 6.07 Å². The summed E-state index contributed by atoms with van der Waals surface area (Å²) in [5.41, 5.74) is 0. The zero-order valence-electron chi connectivity index (χ0n) is 7.54. The van der Waals surface area contributed by atoms with Gasteiger partial charge in [-0.15, -0.1) is 0 Å². The van der Waals surface area contributed by atoms with Crippen molar-refractivity contribution >= 4 is 59.9 Å². The van der Waals surface area contributed by atoms with Crippen molar-refractivity contribution in [1.29, 1.82) is 0 Å². The second-order valence-corrected chi connectivity index (χ2v) is 8.60. The van der Waals surface area contributed by atoms with Gasteiger partial charge in [0.1, 0.15) is 0 Å². The zero-order chi connectivity index (χ0) is 11.1. The molecule has 0 unspecified atom stereocenters. The van der Waals surface area contributed by atoms with Gasteiger partial charge in [0.2, 0.25) is 8.32 Å². The fourth-order valence-electron chi connectivity index (χ4n) is 1.02. The first kappa shape index (κ1) is 12.6. The van der Waals surface area contributed by atoms with E-state index in [-0.39, 0.29) is 10.0 Å². The molecule has 1 aromatic rings. The summed E-state index contributed by atoms with van der Waals surface area (Å²) in [6, 6.07) is 1.57. The maximum atomic E-state index is 9.90. The Labute approximate surface area is 104 Å². The lowest BCUT2D eigenvalue weighted by atomic mass is 10.3. The predicted molar refractivity (Wildman–Crippen MR) is 65.8 cm³/mol. The highest BCUT2D eigenvalue weighted by Gasteiger charge is 2.26. The van der Waals surface area contributed by atoms with Gasteiger partial charge in [-0.3, -0.25) is 0 Å². The first-order valence-electron chi connectivity index (χ1n) is 3.81. The topological polar surface area (TPSA) is 20.2 Å². The van der Waals surface area contributed by atoms with Gasteiger partial charge in [0.05, 0.1) is 20.1 Å². The Morgan fingerprint density at radius 2 is 1.50 bits per heavy atom. The van der Waals surface area contributed by atoms with Gasteiger partial charge in [-0.25, -0.2) is 0 Å². The van der Waals surface area contributed by atoms with Crippen molar-refractivity contribution in [2.45, 2.75) is 13.1 Å². The summed E-state index contributed by atoms with van der Waals surface area (Å²) in [5, 5.41) is 1.62. The third-order valence-corrected chi connectivity index (χ3v) is 5.38. The van der Waals surface area contributed by atoms with Crippen molar-refractivity contribution < 1.29 is 4.80 Å². The maximum Gasteiger partial charge on any atom is 0.215 e. The molecule has 0 heterocycles. The lowest BCUT2D eigenvalue weighted by Gasteiger charge is -2.18. The Morgan fingerprint density at radius 1 is 1.00 bits per heavy atom. The monoisotopic (exact) mass is 288 g/mol. The fraction of sp³-hybridized carbons (Fsp3) is 0.250. The van der Waals surface area contributed by atoms with Crippen LogP contribution >= 0.6 is 46.4 Å². The molecule has 0 aliphatic heterocycles. The molecule has 0 aliphatic carbocycles. The van der Waals surface area contributed by atoms with Crippen LogP contribution in [0.2, 0.25) is 33.2 Å². The number of benzene rings is 1. The highest BCUT2D eigenvalue weighted by molar-refractivity contribution is 6.85. The Kier molecular flexibility index (Phi) is 3.79. The molecular weight excluding hydrogens is 282 g/mol. The molecule has 0 spiro atoms. The van der Waals surface area contributed by atoms with Gasteiger partial charge in [-0.2, -0.15) is 0 Å². The molecule has 0 fully saturated rings. The molecule has 1 N–H and O–H groups in total. The van der Waals surface area contributed by atoms with E-state index in [4.69, 9.17) is 46.4 Å². The second-order valence-electron chi connectivity index (χ2n) is 3.41. The van der Waals surface area contributed by atoms with Crippen molar-refractivity contribution in [2.75, 3.05) is 0 Å². The van der Waals surface area contributed by atoms with Gasteiger partial charge < -0.3 is 4.80 Å². The third-order valence-electron chi connectivity index (χ3n) is 1.76. The smallest absolute Gasteiger partial charge is 0.215 e. The number of hydrogen-bond donors (Lipinski definition) is 1. The molecule has 0 saturated carbocycles. The third kappa shape index (κ3) is 2.38. The van der Waals surface area contributed by atoms with Crippen LogP contribution in [0, 0.1) is 0 Å². The molecule has 6 heteroatoms. The average Bonchev–Trinajstić information content (AvgIpc) is 2.06. The summed E-state index contributed by atoms with van der Waals surface area (Å²) in [7, 11) is -2.52. The van der Waals surface area contributed by atoms with Gasteiger partial charge in [0, 0.05) is 0 Å².